The van der Waals surface area contributed by atoms with Crippen molar-refractivity contribution >= 4 is 40.0 Å². The van der Waals surface area contributed by atoms with Crippen LogP contribution in [0.3, 0.4) is 0 Å². The second-order valence-corrected chi connectivity index (χ2v) is 9.44. The summed E-state index contributed by atoms with van der Waals surface area (Å²) >= 11 is 0. The third-order valence-electron chi connectivity index (χ3n) is 5.54. The molecule has 0 unspecified atom stereocenters. The smallest absolute Gasteiger partial charge is 0.240 e. The van der Waals surface area contributed by atoms with Crippen LogP contribution in [0.2, 0.25) is 0 Å². The molecule has 2 rings (SSSR count). The van der Waals surface area contributed by atoms with E-state index >= 15 is 0 Å². The maximum atomic E-state index is 11.8. The first-order valence-corrected chi connectivity index (χ1v) is 12.1. The minimum atomic E-state index is -3.41. The minimum absolute atomic E-state index is 0. The van der Waals surface area contributed by atoms with E-state index in [1.165, 1.54) is 32.7 Å². The highest BCUT2D eigenvalue weighted by Gasteiger charge is 2.33. The van der Waals surface area contributed by atoms with Crippen molar-refractivity contribution in [2.24, 2.45) is 10.4 Å². The predicted octanol–water partition coefficient (Wildman–Crippen LogP) is 3.25. The maximum absolute atomic E-state index is 11.8. The monoisotopic (exact) mass is 552 g/mol. The number of aliphatic imine (C=N–C) groups is 1. The van der Waals surface area contributed by atoms with Gasteiger partial charge in [0.05, 0.1) is 11.4 Å². The molecule has 1 fully saturated rings. The van der Waals surface area contributed by atoms with Crippen molar-refractivity contribution in [3.05, 3.63) is 29.8 Å². The fraction of sp³-hybridized carbons (Fsp3) is 0.667. The first-order chi connectivity index (χ1) is 13.9. The number of nitrogens with zero attached hydrogens (tertiary/aromatic N) is 1. The third kappa shape index (κ3) is 8.32. The first-order valence-electron chi connectivity index (χ1n) is 10.6. The molecule has 7 nitrogen and oxygen atoms in total. The molecule has 172 valence electrons. The van der Waals surface area contributed by atoms with Crippen molar-refractivity contribution in [1.29, 1.82) is 0 Å². The zero-order chi connectivity index (χ0) is 21.2. The van der Waals surface area contributed by atoms with Gasteiger partial charge in [-0.1, -0.05) is 25.0 Å². The van der Waals surface area contributed by atoms with Crippen LogP contribution in [0, 0.1) is 5.41 Å². The van der Waals surface area contributed by atoms with Gasteiger partial charge in [0, 0.05) is 26.3 Å². The van der Waals surface area contributed by atoms with Crippen molar-refractivity contribution in [2.45, 2.75) is 57.4 Å². The Kier molecular flexibility index (Phi) is 12.2. The average Bonchev–Trinajstić information content (AvgIpc) is 3.19. The lowest BCUT2D eigenvalue weighted by atomic mass is 9.83. The van der Waals surface area contributed by atoms with E-state index in [-0.39, 0.29) is 34.3 Å². The average molecular weight is 553 g/mol. The molecule has 0 saturated heterocycles. The molecule has 1 saturated carbocycles. The van der Waals surface area contributed by atoms with Crippen LogP contribution in [0.25, 0.3) is 0 Å². The molecule has 30 heavy (non-hydrogen) atoms. The Hall–Kier alpha value is -0.910. The zero-order valence-corrected chi connectivity index (χ0v) is 21.5. The Morgan fingerprint density at radius 2 is 1.80 bits per heavy atom. The number of hydrogen-bond acceptors (Lipinski definition) is 4. The summed E-state index contributed by atoms with van der Waals surface area (Å²) in [5.74, 6) is 0.794. The molecule has 0 radical (unpaired) electrons. The Morgan fingerprint density at radius 1 is 1.13 bits per heavy atom. The number of rotatable bonds is 11. The van der Waals surface area contributed by atoms with Gasteiger partial charge < -0.3 is 15.4 Å². The van der Waals surface area contributed by atoms with E-state index in [2.05, 4.69) is 27.3 Å². The van der Waals surface area contributed by atoms with Crippen LogP contribution in [0.15, 0.2) is 34.2 Å². The fourth-order valence-electron chi connectivity index (χ4n) is 3.75. The van der Waals surface area contributed by atoms with Gasteiger partial charge in [-0.2, -0.15) is 0 Å². The van der Waals surface area contributed by atoms with Crippen LogP contribution >= 0.6 is 24.0 Å². The summed E-state index contributed by atoms with van der Waals surface area (Å²) in [7, 11) is -2.00. The molecular weight excluding hydrogens is 515 g/mol. The van der Waals surface area contributed by atoms with Gasteiger partial charge in [0.2, 0.25) is 10.0 Å². The Labute approximate surface area is 198 Å². The van der Waals surface area contributed by atoms with Gasteiger partial charge in [-0.05, 0) is 63.3 Å². The van der Waals surface area contributed by atoms with Crippen molar-refractivity contribution in [3.8, 4) is 0 Å². The summed E-state index contributed by atoms with van der Waals surface area (Å²) in [5, 5.41) is 6.83. The van der Waals surface area contributed by atoms with Crippen LogP contribution in [-0.4, -0.2) is 47.7 Å². The van der Waals surface area contributed by atoms with Gasteiger partial charge in [-0.25, -0.2) is 18.1 Å². The van der Waals surface area contributed by atoms with E-state index in [9.17, 15) is 8.42 Å². The first kappa shape index (κ1) is 27.1. The molecule has 0 aromatic heterocycles. The van der Waals surface area contributed by atoms with Gasteiger partial charge >= 0.3 is 0 Å². The van der Waals surface area contributed by atoms with Gasteiger partial charge in [-0.3, -0.25) is 0 Å². The summed E-state index contributed by atoms with van der Waals surface area (Å²) < 4.78 is 31.6. The Bertz CT molecular complexity index is 748. The van der Waals surface area contributed by atoms with Crippen molar-refractivity contribution in [2.75, 3.05) is 33.4 Å². The molecule has 3 N–H and O–H groups in total. The van der Waals surface area contributed by atoms with Crippen LogP contribution in [0.1, 0.15) is 51.5 Å². The standard InChI is InChI=1S/C21H36N4O3S.HI/c1-4-23-20(25-17-21(12-6-7-13-21)14-15-28-5-2)24-16-18-8-10-19(11-9-18)29(26,27)22-3;/h8-11,22H,4-7,12-17H2,1-3H3,(H2,23,24,25);1H. The summed E-state index contributed by atoms with van der Waals surface area (Å²) in [5.41, 5.74) is 1.25. The predicted molar refractivity (Wildman–Crippen MR) is 133 cm³/mol. The highest BCUT2D eigenvalue weighted by molar-refractivity contribution is 14.0. The Balaban J connectivity index is 0.00000450. The summed E-state index contributed by atoms with van der Waals surface area (Å²) in [6.45, 7) is 7.84. The van der Waals surface area contributed by atoms with Crippen LogP contribution < -0.4 is 15.4 Å². The molecule has 0 aliphatic heterocycles. The number of hydrogen-bond donors (Lipinski definition) is 3. The normalized spacial score (nSPS) is 16.2. The van der Waals surface area contributed by atoms with Gasteiger partial charge in [-0.15, -0.1) is 24.0 Å². The highest BCUT2D eigenvalue weighted by atomic mass is 127. The van der Waals surface area contributed by atoms with Crippen molar-refractivity contribution < 1.29 is 13.2 Å². The van der Waals surface area contributed by atoms with Gasteiger partial charge in [0.15, 0.2) is 5.96 Å². The molecule has 0 bridgehead atoms. The molecule has 0 heterocycles. The largest absolute Gasteiger partial charge is 0.382 e. The van der Waals surface area contributed by atoms with E-state index in [1.54, 1.807) is 24.3 Å². The molecule has 9 heteroatoms. The second kappa shape index (κ2) is 13.5. The molecule has 1 aromatic rings. The number of sulfonamides is 1. The topological polar surface area (TPSA) is 91.8 Å². The van der Waals surface area contributed by atoms with Crippen molar-refractivity contribution in [3.63, 3.8) is 0 Å². The quantitative estimate of drug-likeness (QED) is 0.170. The number of nitrogens with one attached hydrogen (secondary N) is 3. The Morgan fingerprint density at radius 3 is 2.37 bits per heavy atom. The van der Waals surface area contributed by atoms with Crippen LogP contribution in [0.4, 0.5) is 0 Å². The van der Waals surface area contributed by atoms with E-state index in [1.807, 2.05) is 6.92 Å². The maximum Gasteiger partial charge on any atom is 0.240 e. The fourth-order valence-corrected chi connectivity index (χ4v) is 4.48. The molecule has 1 aliphatic rings. The van der Waals surface area contributed by atoms with Crippen LogP contribution in [-0.2, 0) is 21.3 Å². The molecule has 0 atom stereocenters. The number of benzene rings is 1. The van der Waals surface area contributed by atoms with Crippen molar-refractivity contribution in [1.82, 2.24) is 15.4 Å². The summed E-state index contributed by atoms with van der Waals surface area (Å²) in [6.07, 6.45) is 6.10. The van der Waals surface area contributed by atoms with E-state index in [0.717, 1.165) is 44.2 Å². The minimum Gasteiger partial charge on any atom is -0.382 e. The molecule has 1 aliphatic carbocycles. The molecule has 0 spiro atoms. The van der Waals surface area contributed by atoms with E-state index in [4.69, 9.17) is 4.74 Å². The lowest BCUT2D eigenvalue weighted by Gasteiger charge is -2.30. The van der Waals surface area contributed by atoms with E-state index < -0.39 is 10.0 Å². The lowest BCUT2D eigenvalue weighted by Crippen LogP contribution is -2.43. The molecular formula is C21H37IN4O3S. The number of halogens is 1. The van der Waals surface area contributed by atoms with Crippen LogP contribution in [0.5, 0.6) is 0 Å². The second-order valence-electron chi connectivity index (χ2n) is 7.55. The summed E-state index contributed by atoms with van der Waals surface area (Å²) in [6, 6.07) is 6.83. The number of guanidine groups is 1. The number of ether oxygens (including phenoxy) is 1. The van der Waals surface area contributed by atoms with Gasteiger partial charge in [0.25, 0.3) is 0 Å². The molecule has 1 aromatic carbocycles. The van der Waals surface area contributed by atoms with Gasteiger partial charge in [0.1, 0.15) is 0 Å². The zero-order valence-electron chi connectivity index (χ0n) is 18.4. The highest BCUT2D eigenvalue weighted by Crippen LogP contribution is 2.40. The SMILES string of the molecule is CCNC(=NCc1ccc(S(=O)(=O)NC)cc1)NCC1(CCOCC)CCCC1.I. The van der Waals surface area contributed by atoms with E-state index in [0.29, 0.717) is 6.54 Å². The third-order valence-corrected chi connectivity index (χ3v) is 6.97. The lowest BCUT2D eigenvalue weighted by molar-refractivity contribution is 0.105. The molecule has 0 amide bonds. The summed E-state index contributed by atoms with van der Waals surface area (Å²) in [4.78, 5) is 4.94.